The van der Waals surface area contributed by atoms with Gasteiger partial charge in [-0.05, 0) is 6.07 Å². The average Bonchev–Trinajstić information content (AvgIpc) is 2.39. The molecule has 0 aromatic carbocycles. The Hall–Kier alpha value is -1.66. The van der Waals surface area contributed by atoms with Crippen molar-refractivity contribution in [2.45, 2.75) is 6.29 Å². The molecule has 0 aliphatic rings. The summed E-state index contributed by atoms with van der Waals surface area (Å²) in [7, 11) is 4.50. The molecule has 94 valence electrons. The maximum absolute atomic E-state index is 11.7. The van der Waals surface area contributed by atoms with Crippen LogP contribution in [0, 0.1) is 0 Å². The van der Waals surface area contributed by atoms with Crippen molar-refractivity contribution in [2.75, 3.05) is 27.9 Å². The predicted molar refractivity (Wildman–Crippen MR) is 60.9 cm³/mol. The number of methoxy groups -OCH3 is 3. The molecule has 1 amide bonds. The molecule has 0 unspecified atom stereocenters. The SMILES string of the molecule is COc1cccc(C(=O)NCC(OC)OC)n1. The fraction of sp³-hybridized carbons (Fsp3) is 0.455. The van der Waals surface area contributed by atoms with E-state index in [2.05, 4.69) is 10.3 Å². The molecule has 1 aromatic heterocycles. The summed E-state index contributed by atoms with van der Waals surface area (Å²) in [6, 6.07) is 4.97. The number of carbonyl (C=O) groups excluding carboxylic acids is 1. The van der Waals surface area contributed by atoms with Gasteiger partial charge in [0, 0.05) is 20.3 Å². The van der Waals surface area contributed by atoms with Crippen molar-refractivity contribution in [3.05, 3.63) is 23.9 Å². The van der Waals surface area contributed by atoms with Crippen LogP contribution in [0.4, 0.5) is 0 Å². The van der Waals surface area contributed by atoms with Crippen LogP contribution in [0.1, 0.15) is 10.5 Å². The molecular formula is C11H16N2O4. The first kappa shape index (κ1) is 13.4. The molecule has 6 heteroatoms. The maximum atomic E-state index is 11.7. The van der Waals surface area contributed by atoms with Crippen LogP contribution in [-0.2, 0) is 9.47 Å². The van der Waals surface area contributed by atoms with E-state index in [0.717, 1.165) is 0 Å². The van der Waals surface area contributed by atoms with Crippen molar-refractivity contribution in [1.29, 1.82) is 0 Å². The van der Waals surface area contributed by atoms with Crippen LogP contribution in [0.5, 0.6) is 5.88 Å². The highest BCUT2D eigenvalue weighted by Gasteiger charge is 2.11. The fourth-order valence-corrected chi connectivity index (χ4v) is 1.18. The summed E-state index contributed by atoms with van der Waals surface area (Å²) in [5.74, 6) is 0.0932. The number of ether oxygens (including phenoxy) is 3. The molecule has 0 atom stereocenters. The topological polar surface area (TPSA) is 69.7 Å². The minimum Gasteiger partial charge on any atom is -0.481 e. The minimum absolute atomic E-state index is 0.255. The van der Waals surface area contributed by atoms with Gasteiger partial charge in [0.25, 0.3) is 5.91 Å². The summed E-state index contributed by atoms with van der Waals surface area (Å²) < 4.78 is 14.8. The second kappa shape index (κ2) is 6.82. The third-order valence-corrected chi connectivity index (χ3v) is 2.12. The van der Waals surface area contributed by atoms with Crippen LogP contribution >= 0.6 is 0 Å². The molecule has 0 radical (unpaired) electrons. The Bertz CT molecular complexity index is 366. The van der Waals surface area contributed by atoms with E-state index in [-0.39, 0.29) is 18.1 Å². The van der Waals surface area contributed by atoms with Gasteiger partial charge >= 0.3 is 0 Å². The van der Waals surface area contributed by atoms with E-state index in [0.29, 0.717) is 5.88 Å². The number of aromatic nitrogens is 1. The summed E-state index contributed by atoms with van der Waals surface area (Å²) in [6.07, 6.45) is -0.468. The Morgan fingerprint density at radius 1 is 1.35 bits per heavy atom. The standard InChI is InChI=1S/C11H16N2O4/c1-15-9-6-4-5-8(13-9)11(14)12-7-10(16-2)17-3/h4-6,10H,7H2,1-3H3,(H,12,14). The van der Waals surface area contributed by atoms with Crippen molar-refractivity contribution in [1.82, 2.24) is 10.3 Å². The zero-order valence-electron chi connectivity index (χ0n) is 10.1. The largest absolute Gasteiger partial charge is 0.481 e. The van der Waals surface area contributed by atoms with E-state index in [1.54, 1.807) is 18.2 Å². The van der Waals surface area contributed by atoms with Gasteiger partial charge in [-0.15, -0.1) is 0 Å². The molecule has 0 saturated carbocycles. The lowest BCUT2D eigenvalue weighted by atomic mass is 10.3. The molecule has 1 aromatic rings. The van der Waals surface area contributed by atoms with E-state index >= 15 is 0 Å². The normalized spacial score (nSPS) is 10.4. The van der Waals surface area contributed by atoms with E-state index in [4.69, 9.17) is 14.2 Å². The third kappa shape index (κ3) is 4.01. The maximum Gasteiger partial charge on any atom is 0.270 e. The molecule has 0 spiro atoms. The predicted octanol–water partition coefficient (Wildman–Crippen LogP) is 0.439. The molecular weight excluding hydrogens is 224 g/mol. The summed E-state index contributed by atoms with van der Waals surface area (Å²) in [5, 5.41) is 2.65. The number of carbonyl (C=O) groups is 1. The van der Waals surface area contributed by atoms with Crippen molar-refractivity contribution < 1.29 is 19.0 Å². The van der Waals surface area contributed by atoms with Gasteiger partial charge in [-0.3, -0.25) is 4.79 Å². The molecule has 0 aliphatic heterocycles. The summed E-state index contributed by atoms with van der Waals surface area (Å²) >= 11 is 0. The average molecular weight is 240 g/mol. The van der Waals surface area contributed by atoms with Gasteiger partial charge < -0.3 is 19.5 Å². The second-order valence-corrected chi connectivity index (χ2v) is 3.18. The Labute approximate surface area is 99.9 Å². The van der Waals surface area contributed by atoms with Crippen LogP contribution in [0.15, 0.2) is 18.2 Å². The summed E-state index contributed by atoms with van der Waals surface area (Å²) in [4.78, 5) is 15.7. The number of hydrogen-bond donors (Lipinski definition) is 1. The van der Waals surface area contributed by atoms with Crippen molar-refractivity contribution in [2.24, 2.45) is 0 Å². The van der Waals surface area contributed by atoms with Gasteiger partial charge in [0.05, 0.1) is 13.7 Å². The Morgan fingerprint density at radius 3 is 2.65 bits per heavy atom. The monoisotopic (exact) mass is 240 g/mol. The first-order chi connectivity index (χ1) is 8.21. The zero-order valence-corrected chi connectivity index (χ0v) is 10.1. The van der Waals surface area contributed by atoms with Gasteiger partial charge in [0.15, 0.2) is 6.29 Å². The lowest BCUT2D eigenvalue weighted by Gasteiger charge is -2.13. The zero-order chi connectivity index (χ0) is 12.7. The first-order valence-electron chi connectivity index (χ1n) is 5.06. The van der Waals surface area contributed by atoms with E-state index < -0.39 is 6.29 Å². The fourth-order valence-electron chi connectivity index (χ4n) is 1.18. The third-order valence-electron chi connectivity index (χ3n) is 2.12. The number of hydrogen-bond acceptors (Lipinski definition) is 5. The van der Waals surface area contributed by atoms with Crippen molar-refractivity contribution in [3.63, 3.8) is 0 Å². The van der Waals surface area contributed by atoms with Crippen LogP contribution < -0.4 is 10.1 Å². The molecule has 1 heterocycles. The minimum atomic E-state index is -0.468. The van der Waals surface area contributed by atoms with Crippen LogP contribution in [0.2, 0.25) is 0 Å². The van der Waals surface area contributed by atoms with E-state index in [9.17, 15) is 4.79 Å². The Morgan fingerprint density at radius 2 is 2.06 bits per heavy atom. The molecule has 6 nitrogen and oxygen atoms in total. The Kier molecular flexibility index (Phi) is 5.38. The van der Waals surface area contributed by atoms with Gasteiger partial charge in [0.2, 0.25) is 5.88 Å². The highest BCUT2D eigenvalue weighted by molar-refractivity contribution is 5.92. The number of amides is 1. The van der Waals surface area contributed by atoms with Crippen LogP contribution in [0.3, 0.4) is 0 Å². The van der Waals surface area contributed by atoms with Crippen LogP contribution in [0.25, 0.3) is 0 Å². The van der Waals surface area contributed by atoms with Gasteiger partial charge in [0.1, 0.15) is 5.69 Å². The molecule has 1 rings (SSSR count). The summed E-state index contributed by atoms with van der Waals surface area (Å²) in [5.41, 5.74) is 0.287. The van der Waals surface area contributed by atoms with Crippen LogP contribution in [-0.4, -0.2) is 45.1 Å². The summed E-state index contributed by atoms with van der Waals surface area (Å²) in [6.45, 7) is 0.255. The van der Waals surface area contributed by atoms with Crippen molar-refractivity contribution in [3.8, 4) is 5.88 Å². The highest BCUT2D eigenvalue weighted by Crippen LogP contribution is 2.06. The second-order valence-electron chi connectivity index (χ2n) is 3.18. The number of nitrogens with one attached hydrogen (secondary N) is 1. The van der Waals surface area contributed by atoms with Gasteiger partial charge in [-0.25, -0.2) is 4.98 Å². The lowest BCUT2D eigenvalue weighted by Crippen LogP contribution is -2.34. The van der Waals surface area contributed by atoms with E-state index in [1.165, 1.54) is 21.3 Å². The molecule has 0 bridgehead atoms. The molecule has 1 N–H and O–H groups in total. The first-order valence-corrected chi connectivity index (χ1v) is 5.06. The quantitative estimate of drug-likeness (QED) is 0.731. The Balaban J connectivity index is 2.57. The number of pyridine rings is 1. The van der Waals surface area contributed by atoms with Crippen molar-refractivity contribution >= 4 is 5.91 Å². The number of rotatable bonds is 6. The molecule has 0 fully saturated rings. The smallest absolute Gasteiger partial charge is 0.270 e. The van der Waals surface area contributed by atoms with Gasteiger partial charge in [-0.2, -0.15) is 0 Å². The molecule has 17 heavy (non-hydrogen) atoms. The molecule has 0 saturated heterocycles. The lowest BCUT2D eigenvalue weighted by molar-refractivity contribution is -0.0974. The molecule has 0 aliphatic carbocycles. The van der Waals surface area contributed by atoms with E-state index in [1.807, 2.05) is 0 Å². The highest BCUT2D eigenvalue weighted by atomic mass is 16.7. The number of nitrogens with zero attached hydrogens (tertiary/aromatic N) is 1. The van der Waals surface area contributed by atoms with Gasteiger partial charge in [-0.1, -0.05) is 6.07 Å².